The second-order valence-corrected chi connectivity index (χ2v) is 4.99. The standard InChI is InChI=1S/C19H16FN/c20-18-9-5-4-8-17(18)19(21)16-12-10-15(11-13-16)14-6-2-1-3-7-14/h1-13,19H,21H2. The van der Waals surface area contributed by atoms with Crippen LogP contribution in [0.4, 0.5) is 4.39 Å². The van der Waals surface area contributed by atoms with Crippen molar-refractivity contribution in [2.75, 3.05) is 0 Å². The van der Waals surface area contributed by atoms with E-state index < -0.39 is 6.04 Å². The molecule has 1 unspecified atom stereocenters. The van der Waals surface area contributed by atoms with Gasteiger partial charge < -0.3 is 5.73 Å². The third-order valence-corrected chi connectivity index (χ3v) is 3.62. The molecule has 21 heavy (non-hydrogen) atoms. The topological polar surface area (TPSA) is 26.0 Å². The van der Waals surface area contributed by atoms with Gasteiger partial charge in [0, 0.05) is 5.56 Å². The third kappa shape index (κ3) is 2.86. The van der Waals surface area contributed by atoms with Crippen LogP contribution in [0.5, 0.6) is 0 Å². The first-order valence-corrected chi connectivity index (χ1v) is 6.91. The van der Waals surface area contributed by atoms with Gasteiger partial charge in [-0.3, -0.25) is 0 Å². The first-order chi connectivity index (χ1) is 10.3. The highest BCUT2D eigenvalue weighted by Gasteiger charge is 2.12. The van der Waals surface area contributed by atoms with Crippen LogP contribution in [-0.2, 0) is 0 Å². The number of hydrogen-bond donors (Lipinski definition) is 1. The fourth-order valence-corrected chi connectivity index (χ4v) is 2.42. The van der Waals surface area contributed by atoms with Crippen LogP contribution in [0.3, 0.4) is 0 Å². The van der Waals surface area contributed by atoms with Gasteiger partial charge in [0.25, 0.3) is 0 Å². The summed E-state index contributed by atoms with van der Waals surface area (Å²) in [6.07, 6.45) is 0. The van der Waals surface area contributed by atoms with Crippen LogP contribution < -0.4 is 5.73 Å². The minimum absolute atomic E-state index is 0.267. The molecule has 0 saturated carbocycles. The SMILES string of the molecule is NC(c1ccc(-c2ccccc2)cc1)c1ccccc1F. The van der Waals surface area contributed by atoms with Crippen LogP contribution in [0.25, 0.3) is 11.1 Å². The lowest BCUT2D eigenvalue weighted by Gasteiger charge is -2.14. The lowest BCUT2D eigenvalue weighted by Crippen LogP contribution is -2.13. The Labute approximate surface area is 123 Å². The monoisotopic (exact) mass is 277 g/mol. The van der Waals surface area contributed by atoms with Crippen molar-refractivity contribution < 1.29 is 4.39 Å². The molecule has 3 aromatic rings. The maximum Gasteiger partial charge on any atom is 0.128 e. The molecule has 0 heterocycles. The van der Waals surface area contributed by atoms with E-state index in [9.17, 15) is 4.39 Å². The summed E-state index contributed by atoms with van der Waals surface area (Å²) < 4.78 is 13.8. The van der Waals surface area contributed by atoms with Gasteiger partial charge in [0.1, 0.15) is 5.82 Å². The first kappa shape index (κ1) is 13.5. The van der Waals surface area contributed by atoms with Gasteiger partial charge in [-0.05, 0) is 22.8 Å². The first-order valence-electron chi connectivity index (χ1n) is 6.91. The highest BCUT2D eigenvalue weighted by Crippen LogP contribution is 2.25. The smallest absolute Gasteiger partial charge is 0.128 e. The van der Waals surface area contributed by atoms with E-state index >= 15 is 0 Å². The number of rotatable bonds is 3. The van der Waals surface area contributed by atoms with Crippen molar-refractivity contribution in [3.05, 3.63) is 95.8 Å². The largest absolute Gasteiger partial charge is 0.320 e. The van der Waals surface area contributed by atoms with Gasteiger partial charge in [-0.2, -0.15) is 0 Å². The molecule has 0 aliphatic heterocycles. The molecule has 2 N–H and O–H groups in total. The molecule has 0 amide bonds. The van der Waals surface area contributed by atoms with Crippen molar-refractivity contribution in [1.82, 2.24) is 0 Å². The van der Waals surface area contributed by atoms with Gasteiger partial charge in [-0.1, -0.05) is 72.8 Å². The second-order valence-electron chi connectivity index (χ2n) is 4.99. The molecule has 0 spiro atoms. The Morgan fingerprint density at radius 3 is 1.90 bits per heavy atom. The molecule has 2 heteroatoms. The van der Waals surface area contributed by atoms with Crippen LogP contribution in [-0.4, -0.2) is 0 Å². The Bertz CT molecular complexity index is 720. The van der Waals surface area contributed by atoms with Gasteiger partial charge >= 0.3 is 0 Å². The lowest BCUT2D eigenvalue weighted by atomic mass is 9.96. The van der Waals surface area contributed by atoms with Crippen molar-refractivity contribution in [2.45, 2.75) is 6.04 Å². The molecule has 0 bridgehead atoms. The molecule has 0 aromatic heterocycles. The second kappa shape index (κ2) is 5.90. The van der Waals surface area contributed by atoms with E-state index in [4.69, 9.17) is 5.73 Å². The van der Waals surface area contributed by atoms with E-state index in [2.05, 4.69) is 12.1 Å². The van der Waals surface area contributed by atoms with Gasteiger partial charge in [0.05, 0.1) is 6.04 Å². The number of benzene rings is 3. The molecule has 1 atom stereocenters. The third-order valence-electron chi connectivity index (χ3n) is 3.62. The minimum Gasteiger partial charge on any atom is -0.320 e. The number of halogens is 1. The fraction of sp³-hybridized carbons (Fsp3) is 0.0526. The van der Waals surface area contributed by atoms with Crippen molar-refractivity contribution >= 4 is 0 Å². The summed E-state index contributed by atoms with van der Waals surface area (Å²) in [5.41, 5.74) is 9.87. The summed E-state index contributed by atoms with van der Waals surface area (Å²) in [6, 6.07) is 24.3. The predicted molar refractivity (Wildman–Crippen MR) is 84.3 cm³/mol. The highest BCUT2D eigenvalue weighted by molar-refractivity contribution is 5.63. The number of hydrogen-bond acceptors (Lipinski definition) is 1. The van der Waals surface area contributed by atoms with E-state index in [1.807, 2.05) is 42.5 Å². The molecular formula is C19H16FN. The van der Waals surface area contributed by atoms with Crippen molar-refractivity contribution in [3.63, 3.8) is 0 Å². The molecule has 1 nitrogen and oxygen atoms in total. The summed E-state index contributed by atoms with van der Waals surface area (Å²) in [7, 11) is 0. The maximum atomic E-state index is 13.8. The van der Waals surface area contributed by atoms with Crippen LogP contribution >= 0.6 is 0 Å². The summed E-state index contributed by atoms with van der Waals surface area (Å²) >= 11 is 0. The normalized spacial score (nSPS) is 12.1. The van der Waals surface area contributed by atoms with Crippen molar-refractivity contribution in [3.8, 4) is 11.1 Å². The maximum absolute atomic E-state index is 13.8. The molecule has 0 aliphatic carbocycles. The van der Waals surface area contributed by atoms with Crippen molar-refractivity contribution in [1.29, 1.82) is 0 Å². The zero-order valence-electron chi connectivity index (χ0n) is 11.5. The summed E-state index contributed by atoms with van der Waals surface area (Å²) in [6.45, 7) is 0. The molecule has 3 aromatic carbocycles. The molecule has 104 valence electrons. The molecular weight excluding hydrogens is 261 g/mol. The lowest BCUT2D eigenvalue weighted by molar-refractivity contribution is 0.600. The zero-order chi connectivity index (χ0) is 14.7. The summed E-state index contributed by atoms with van der Waals surface area (Å²) in [4.78, 5) is 0. The molecule has 3 rings (SSSR count). The van der Waals surface area contributed by atoms with Gasteiger partial charge in [0.2, 0.25) is 0 Å². The van der Waals surface area contributed by atoms with Crippen LogP contribution in [0.15, 0.2) is 78.9 Å². The Morgan fingerprint density at radius 1 is 0.667 bits per heavy atom. The zero-order valence-corrected chi connectivity index (χ0v) is 11.5. The Hall–Kier alpha value is -2.45. The molecule has 0 fully saturated rings. The highest BCUT2D eigenvalue weighted by atomic mass is 19.1. The van der Waals surface area contributed by atoms with E-state index in [1.54, 1.807) is 18.2 Å². The Kier molecular flexibility index (Phi) is 3.80. The van der Waals surface area contributed by atoms with E-state index in [1.165, 1.54) is 6.07 Å². The van der Waals surface area contributed by atoms with Crippen LogP contribution in [0, 0.1) is 5.82 Å². The minimum atomic E-state index is -0.448. The molecule has 0 saturated heterocycles. The summed E-state index contributed by atoms with van der Waals surface area (Å²) in [5, 5.41) is 0. The quantitative estimate of drug-likeness (QED) is 0.747. The van der Waals surface area contributed by atoms with E-state index in [0.29, 0.717) is 5.56 Å². The summed E-state index contributed by atoms with van der Waals surface area (Å²) in [5.74, 6) is -0.267. The fourth-order valence-electron chi connectivity index (χ4n) is 2.42. The van der Waals surface area contributed by atoms with Gasteiger partial charge in [0.15, 0.2) is 0 Å². The predicted octanol–water partition coefficient (Wildman–Crippen LogP) is 4.54. The Balaban J connectivity index is 1.89. The van der Waals surface area contributed by atoms with Gasteiger partial charge in [-0.25, -0.2) is 4.39 Å². The molecule has 0 aliphatic rings. The number of nitrogens with two attached hydrogens (primary N) is 1. The van der Waals surface area contributed by atoms with E-state index in [-0.39, 0.29) is 5.82 Å². The molecule has 0 radical (unpaired) electrons. The Morgan fingerprint density at radius 2 is 1.24 bits per heavy atom. The van der Waals surface area contributed by atoms with Crippen LogP contribution in [0.1, 0.15) is 17.2 Å². The van der Waals surface area contributed by atoms with E-state index in [0.717, 1.165) is 16.7 Å². The average molecular weight is 277 g/mol. The van der Waals surface area contributed by atoms with Gasteiger partial charge in [-0.15, -0.1) is 0 Å². The van der Waals surface area contributed by atoms with Crippen LogP contribution in [0.2, 0.25) is 0 Å². The van der Waals surface area contributed by atoms with Crippen molar-refractivity contribution in [2.24, 2.45) is 5.73 Å². The average Bonchev–Trinajstić information content (AvgIpc) is 2.56.